The molecule has 8 heteroatoms. The van der Waals surface area contributed by atoms with Gasteiger partial charge in [0.15, 0.2) is 0 Å². The molecule has 0 radical (unpaired) electrons. The molecule has 4 amide bonds. The summed E-state index contributed by atoms with van der Waals surface area (Å²) in [6.07, 6.45) is 0.744. The van der Waals surface area contributed by atoms with E-state index in [4.69, 9.17) is 0 Å². The Kier molecular flexibility index (Phi) is 6.08. The summed E-state index contributed by atoms with van der Waals surface area (Å²) in [5.41, 5.74) is 0.865. The van der Waals surface area contributed by atoms with E-state index in [9.17, 15) is 19.2 Å². The van der Waals surface area contributed by atoms with E-state index in [1.54, 1.807) is 48.2 Å². The molecule has 8 nitrogen and oxygen atoms in total. The molecule has 1 aromatic rings. The Morgan fingerprint density at radius 1 is 0.964 bits per heavy atom. The van der Waals surface area contributed by atoms with E-state index in [1.807, 2.05) is 4.90 Å². The molecule has 1 fully saturated rings. The maximum absolute atomic E-state index is 12.4. The van der Waals surface area contributed by atoms with Gasteiger partial charge in [0.1, 0.15) is 0 Å². The van der Waals surface area contributed by atoms with Crippen molar-refractivity contribution >= 4 is 23.6 Å². The van der Waals surface area contributed by atoms with Crippen molar-refractivity contribution in [3.8, 4) is 0 Å². The second kappa shape index (κ2) is 8.52. The van der Waals surface area contributed by atoms with Gasteiger partial charge in [0.25, 0.3) is 11.8 Å². The third kappa shape index (κ3) is 4.22. The van der Waals surface area contributed by atoms with Gasteiger partial charge in [0.05, 0.1) is 17.7 Å². The van der Waals surface area contributed by atoms with Crippen LogP contribution in [0.1, 0.15) is 33.6 Å². The monoisotopic (exact) mass is 386 g/mol. The molecule has 2 heterocycles. The van der Waals surface area contributed by atoms with Crippen LogP contribution in [-0.2, 0) is 9.59 Å². The number of imide groups is 1. The van der Waals surface area contributed by atoms with Crippen LogP contribution in [0.15, 0.2) is 24.3 Å². The second-order valence-electron chi connectivity index (χ2n) is 7.36. The van der Waals surface area contributed by atoms with Crippen molar-refractivity contribution in [2.24, 2.45) is 0 Å². The number of carbonyl (C=O) groups is 4. The quantitative estimate of drug-likeness (QED) is 0.657. The summed E-state index contributed by atoms with van der Waals surface area (Å²) in [6.45, 7) is 3.14. The fraction of sp³-hybridized carbons (Fsp3) is 0.500. The molecule has 28 heavy (non-hydrogen) atoms. The van der Waals surface area contributed by atoms with Crippen molar-refractivity contribution in [3.05, 3.63) is 35.4 Å². The summed E-state index contributed by atoms with van der Waals surface area (Å²) in [7, 11) is 3.47. The second-order valence-corrected chi connectivity index (χ2v) is 7.36. The molecule has 0 unspecified atom stereocenters. The zero-order valence-corrected chi connectivity index (χ0v) is 16.4. The third-order valence-corrected chi connectivity index (χ3v) is 5.23. The van der Waals surface area contributed by atoms with Gasteiger partial charge >= 0.3 is 0 Å². The van der Waals surface area contributed by atoms with E-state index < -0.39 is 0 Å². The fourth-order valence-electron chi connectivity index (χ4n) is 3.48. The molecule has 1 aromatic carbocycles. The summed E-state index contributed by atoms with van der Waals surface area (Å²) in [5.74, 6) is -0.490. The molecule has 1 saturated heterocycles. The van der Waals surface area contributed by atoms with Crippen LogP contribution in [0, 0.1) is 0 Å². The highest BCUT2D eigenvalue weighted by Gasteiger charge is 2.34. The lowest BCUT2D eigenvalue weighted by atomic mass is 10.1. The normalized spacial score (nSPS) is 17.1. The van der Waals surface area contributed by atoms with E-state index in [-0.39, 0.29) is 30.2 Å². The van der Waals surface area contributed by atoms with Crippen molar-refractivity contribution in [1.82, 2.24) is 19.6 Å². The van der Waals surface area contributed by atoms with Crippen molar-refractivity contribution in [2.75, 3.05) is 53.4 Å². The van der Waals surface area contributed by atoms with Crippen LogP contribution < -0.4 is 0 Å². The van der Waals surface area contributed by atoms with Gasteiger partial charge < -0.3 is 9.80 Å². The summed E-state index contributed by atoms with van der Waals surface area (Å²) in [6, 6.07) is 6.79. The lowest BCUT2D eigenvalue weighted by Gasteiger charge is -2.34. The lowest BCUT2D eigenvalue weighted by molar-refractivity contribution is -0.134. The van der Waals surface area contributed by atoms with E-state index in [0.29, 0.717) is 56.7 Å². The number of carbonyl (C=O) groups excluding carboxylic acids is 4. The van der Waals surface area contributed by atoms with Crippen LogP contribution in [0.5, 0.6) is 0 Å². The third-order valence-electron chi connectivity index (χ3n) is 5.23. The number of benzene rings is 1. The predicted molar refractivity (Wildman–Crippen MR) is 103 cm³/mol. The van der Waals surface area contributed by atoms with Gasteiger partial charge in [0, 0.05) is 53.2 Å². The summed E-state index contributed by atoms with van der Waals surface area (Å²) < 4.78 is 0. The molecular formula is C20H26N4O4. The molecule has 0 atom stereocenters. The van der Waals surface area contributed by atoms with Crippen LogP contribution in [-0.4, -0.2) is 96.6 Å². The Hall–Kier alpha value is -2.74. The number of nitrogens with zero attached hydrogens (tertiary/aromatic N) is 4. The fourth-order valence-corrected chi connectivity index (χ4v) is 3.48. The Bertz CT molecular complexity index is 749. The molecule has 0 spiro atoms. The van der Waals surface area contributed by atoms with Crippen LogP contribution in [0.4, 0.5) is 0 Å². The molecule has 0 aromatic heterocycles. The highest BCUT2D eigenvalue weighted by Crippen LogP contribution is 2.22. The van der Waals surface area contributed by atoms with Crippen LogP contribution in [0.25, 0.3) is 0 Å². The van der Waals surface area contributed by atoms with Crippen LogP contribution in [0.2, 0.25) is 0 Å². The first kappa shape index (κ1) is 20.0. The van der Waals surface area contributed by atoms with Gasteiger partial charge in [-0.1, -0.05) is 12.1 Å². The average Bonchev–Trinajstić information content (AvgIpc) is 2.93. The highest BCUT2D eigenvalue weighted by molar-refractivity contribution is 6.21. The van der Waals surface area contributed by atoms with Gasteiger partial charge in [-0.3, -0.25) is 29.0 Å². The number of likely N-dealkylation sites (N-methyl/N-ethyl adjacent to an activating group) is 1. The Morgan fingerprint density at radius 2 is 1.54 bits per heavy atom. The van der Waals surface area contributed by atoms with E-state index in [1.165, 1.54) is 4.90 Å². The van der Waals surface area contributed by atoms with Gasteiger partial charge in [-0.2, -0.15) is 0 Å². The van der Waals surface area contributed by atoms with Crippen molar-refractivity contribution in [1.29, 1.82) is 0 Å². The first-order valence-electron chi connectivity index (χ1n) is 9.54. The Balaban J connectivity index is 1.42. The van der Waals surface area contributed by atoms with Gasteiger partial charge in [-0.15, -0.1) is 0 Å². The first-order chi connectivity index (χ1) is 13.4. The van der Waals surface area contributed by atoms with E-state index >= 15 is 0 Å². The standard InChI is InChI=1S/C20H26N4O4/c1-21(2)18(26)14-22-10-12-23(13-11-22)17(25)8-5-9-24-19(27)15-6-3-4-7-16(15)20(24)28/h3-4,6-7H,5,8-14H2,1-2H3. The number of amides is 4. The minimum atomic E-state index is -0.285. The van der Waals surface area contributed by atoms with E-state index in [0.717, 1.165) is 0 Å². The molecule has 0 N–H and O–H groups in total. The molecule has 2 aliphatic rings. The summed E-state index contributed by atoms with van der Waals surface area (Å²) in [5, 5.41) is 0. The Labute approximate surface area is 164 Å². The minimum Gasteiger partial charge on any atom is -0.348 e. The first-order valence-corrected chi connectivity index (χ1v) is 9.54. The SMILES string of the molecule is CN(C)C(=O)CN1CCN(C(=O)CCCN2C(=O)c3ccccc3C2=O)CC1. The molecule has 150 valence electrons. The molecule has 3 rings (SSSR count). The van der Waals surface area contributed by atoms with Crippen molar-refractivity contribution in [2.45, 2.75) is 12.8 Å². The Morgan fingerprint density at radius 3 is 2.07 bits per heavy atom. The number of hydrogen-bond donors (Lipinski definition) is 0. The highest BCUT2D eigenvalue weighted by atomic mass is 16.2. The zero-order chi connectivity index (χ0) is 20.3. The summed E-state index contributed by atoms with van der Waals surface area (Å²) in [4.78, 5) is 55.5. The number of rotatable bonds is 6. The molecule has 0 bridgehead atoms. The number of piperazine rings is 1. The number of fused-ring (bicyclic) bond motifs is 1. The van der Waals surface area contributed by atoms with Crippen LogP contribution >= 0.6 is 0 Å². The molecule has 2 aliphatic heterocycles. The average molecular weight is 386 g/mol. The molecular weight excluding hydrogens is 360 g/mol. The van der Waals surface area contributed by atoms with Gasteiger partial charge in [-0.25, -0.2) is 0 Å². The van der Waals surface area contributed by atoms with Crippen molar-refractivity contribution in [3.63, 3.8) is 0 Å². The van der Waals surface area contributed by atoms with E-state index in [2.05, 4.69) is 0 Å². The molecule has 0 saturated carbocycles. The zero-order valence-electron chi connectivity index (χ0n) is 16.4. The van der Waals surface area contributed by atoms with Crippen molar-refractivity contribution < 1.29 is 19.2 Å². The maximum Gasteiger partial charge on any atom is 0.261 e. The van der Waals surface area contributed by atoms with Gasteiger partial charge in [-0.05, 0) is 18.6 Å². The molecule has 0 aliphatic carbocycles. The number of hydrogen-bond acceptors (Lipinski definition) is 5. The summed E-state index contributed by atoms with van der Waals surface area (Å²) >= 11 is 0. The topological polar surface area (TPSA) is 81.2 Å². The smallest absolute Gasteiger partial charge is 0.261 e. The predicted octanol–water partition coefficient (Wildman–Crippen LogP) is 0.295. The largest absolute Gasteiger partial charge is 0.348 e. The van der Waals surface area contributed by atoms with Gasteiger partial charge in [0.2, 0.25) is 11.8 Å². The lowest BCUT2D eigenvalue weighted by Crippen LogP contribution is -2.51. The minimum absolute atomic E-state index is 0.0233. The maximum atomic E-state index is 12.4. The van der Waals surface area contributed by atoms with Crippen LogP contribution in [0.3, 0.4) is 0 Å².